The van der Waals surface area contributed by atoms with E-state index in [2.05, 4.69) is 15.7 Å². The van der Waals surface area contributed by atoms with Crippen molar-refractivity contribution in [3.8, 4) is 5.75 Å². The molecule has 0 bridgehead atoms. The van der Waals surface area contributed by atoms with Gasteiger partial charge in [-0.1, -0.05) is 23.7 Å². The maximum Gasteiger partial charge on any atom is 0.240 e. The lowest BCUT2D eigenvalue weighted by molar-refractivity contribution is 0.178. The first-order valence-corrected chi connectivity index (χ1v) is 11.6. The van der Waals surface area contributed by atoms with Gasteiger partial charge in [0, 0.05) is 18.1 Å². The molecule has 3 rings (SSSR count). The second-order valence-corrected chi connectivity index (χ2v) is 9.45. The molecule has 8 heteroatoms. The van der Waals surface area contributed by atoms with Gasteiger partial charge in [0.2, 0.25) is 10.0 Å². The van der Waals surface area contributed by atoms with E-state index >= 15 is 0 Å². The van der Waals surface area contributed by atoms with E-state index in [-0.39, 0.29) is 11.5 Å². The van der Waals surface area contributed by atoms with E-state index in [4.69, 9.17) is 21.4 Å². The number of hydrogen-bond donors (Lipinski definition) is 2. The molecule has 0 radical (unpaired) electrons. The first-order valence-electron chi connectivity index (χ1n) is 9.76. The predicted molar refractivity (Wildman–Crippen MR) is 114 cm³/mol. The second kappa shape index (κ2) is 10.4. The number of sulfonamides is 1. The molecule has 158 valence electrons. The Balaban J connectivity index is 1.45. The summed E-state index contributed by atoms with van der Waals surface area (Å²) in [6.45, 7) is 3.42. The Bertz CT molecular complexity index is 882. The minimum atomic E-state index is -3.50. The van der Waals surface area contributed by atoms with Crippen LogP contribution in [0.2, 0.25) is 5.02 Å². The standard InChI is InChI=1S/C21H27ClN2O4S/c22-19-4-6-21(7-5-19)29(26,27)23-15-17-8-10-24(11-9-17)16-18-2-1-3-20(14-18)28-13-12-25/h1-7,14,17,23,25H,8-13,15-16H2. The van der Waals surface area contributed by atoms with Crippen LogP contribution in [0.3, 0.4) is 0 Å². The fourth-order valence-corrected chi connectivity index (χ4v) is 4.67. The van der Waals surface area contributed by atoms with Crippen molar-refractivity contribution in [1.82, 2.24) is 9.62 Å². The van der Waals surface area contributed by atoms with Crippen LogP contribution in [0.25, 0.3) is 0 Å². The van der Waals surface area contributed by atoms with Crippen LogP contribution >= 0.6 is 11.6 Å². The largest absolute Gasteiger partial charge is 0.491 e. The number of halogens is 1. The number of hydrogen-bond acceptors (Lipinski definition) is 5. The number of nitrogens with zero attached hydrogens (tertiary/aromatic N) is 1. The molecular weight excluding hydrogens is 412 g/mol. The number of nitrogens with one attached hydrogen (secondary N) is 1. The molecule has 0 amide bonds. The average Bonchev–Trinajstić information content (AvgIpc) is 2.72. The third-order valence-corrected chi connectivity index (χ3v) is 6.75. The van der Waals surface area contributed by atoms with Crippen molar-refractivity contribution in [1.29, 1.82) is 0 Å². The van der Waals surface area contributed by atoms with E-state index in [1.807, 2.05) is 18.2 Å². The summed E-state index contributed by atoms with van der Waals surface area (Å²) >= 11 is 5.83. The number of ether oxygens (including phenoxy) is 1. The summed E-state index contributed by atoms with van der Waals surface area (Å²) < 4.78 is 33.0. The Kier molecular flexibility index (Phi) is 7.91. The minimum absolute atomic E-state index is 0.000481. The van der Waals surface area contributed by atoms with E-state index in [1.54, 1.807) is 12.1 Å². The van der Waals surface area contributed by atoms with Gasteiger partial charge in [-0.15, -0.1) is 0 Å². The number of aliphatic hydroxyl groups excluding tert-OH is 1. The smallest absolute Gasteiger partial charge is 0.240 e. The molecule has 1 fully saturated rings. The summed E-state index contributed by atoms with van der Waals surface area (Å²) in [6.07, 6.45) is 1.90. The van der Waals surface area contributed by atoms with E-state index in [0.29, 0.717) is 24.1 Å². The Morgan fingerprint density at radius 3 is 2.55 bits per heavy atom. The first-order chi connectivity index (χ1) is 14.0. The van der Waals surface area contributed by atoms with E-state index in [9.17, 15) is 8.42 Å². The van der Waals surface area contributed by atoms with Crippen LogP contribution in [0.1, 0.15) is 18.4 Å². The van der Waals surface area contributed by atoms with Gasteiger partial charge in [0.1, 0.15) is 12.4 Å². The molecule has 29 heavy (non-hydrogen) atoms. The third kappa shape index (κ3) is 6.69. The molecule has 2 aromatic rings. The molecule has 0 spiro atoms. The third-order valence-electron chi connectivity index (χ3n) is 5.06. The first kappa shape index (κ1) is 22.1. The molecular formula is C21H27ClN2O4S. The van der Waals surface area contributed by atoms with E-state index in [0.717, 1.165) is 38.2 Å². The van der Waals surface area contributed by atoms with Crippen LogP contribution in [-0.4, -0.2) is 51.3 Å². The van der Waals surface area contributed by atoms with Crippen molar-refractivity contribution in [3.63, 3.8) is 0 Å². The van der Waals surface area contributed by atoms with E-state index in [1.165, 1.54) is 17.7 Å². The average molecular weight is 439 g/mol. The van der Waals surface area contributed by atoms with Crippen molar-refractivity contribution >= 4 is 21.6 Å². The zero-order valence-corrected chi connectivity index (χ0v) is 17.8. The van der Waals surface area contributed by atoms with Gasteiger partial charge in [0.25, 0.3) is 0 Å². The highest BCUT2D eigenvalue weighted by molar-refractivity contribution is 7.89. The Morgan fingerprint density at radius 1 is 1.14 bits per heavy atom. The summed E-state index contributed by atoms with van der Waals surface area (Å²) in [5.74, 6) is 1.09. The van der Waals surface area contributed by atoms with E-state index < -0.39 is 10.0 Å². The summed E-state index contributed by atoms with van der Waals surface area (Å²) in [6, 6.07) is 14.1. The second-order valence-electron chi connectivity index (χ2n) is 7.24. The molecule has 2 N–H and O–H groups in total. The molecule has 2 aromatic carbocycles. The van der Waals surface area contributed by atoms with Gasteiger partial charge >= 0.3 is 0 Å². The highest BCUT2D eigenvalue weighted by Crippen LogP contribution is 2.21. The molecule has 1 saturated heterocycles. The van der Waals surface area contributed by atoms with Crippen LogP contribution in [0.5, 0.6) is 5.75 Å². The number of piperidine rings is 1. The highest BCUT2D eigenvalue weighted by atomic mass is 35.5. The molecule has 0 aliphatic carbocycles. The lowest BCUT2D eigenvalue weighted by atomic mass is 9.97. The minimum Gasteiger partial charge on any atom is -0.491 e. The molecule has 6 nitrogen and oxygen atoms in total. The zero-order chi connectivity index (χ0) is 20.7. The fraction of sp³-hybridized carbons (Fsp3) is 0.429. The van der Waals surface area contributed by atoms with Gasteiger partial charge in [0.05, 0.1) is 11.5 Å². The normalized spacial score (nSPS) is 16.1. The van der Waals surface area contributed by atoms with Crippen LogP contribution in [-0.2, 0) is 16.6 Å². The maximum absolute atomic E-state index is 12.4. The van der Waals surface area contributed by atoms with Crippen LogP contribution in [0.4, 0.5) is 0 Å². The lowest BCUT2D eigenvalue weighted by Gasteiger charge is -2.32. The molecule has 1 heterocycles. The Morgan fingerprint density at radius 2 is 1.86 bits per heavy atom. The van der Waals surface area contributed by atoms with Crippen LogP contribution in [0.15, 0.2) is 53.4 Å². The van der Waals surface area contributed by atoms with Crippen molar-refractivity contribution in [2.24, 2.45) is 5.92 Å². The summed E-state index contributed by atoms with van der Waals surface area (Å²) in [4.78, 5) is 2.61. The molecule has 0 saturated carbocycles. The molecule has 0 unspecified atom stereocenters. The number of benzene rings is 2. The fourth-order valence-electron chi connectivity index (χ4n) is 3.43. The van der Waals surface area contributed by atoms with Gasteiger partial charge in [0.15, 0.2) is 0 Å². The van der Waals surface area contributed by atoms with Crippen LogP contribution in [0, 0.1) is 5.92 Å². The molecule has 1 aliphatic heterocycles. The number of aliphatic hydroxyl groups is 1. The van der Waals surface area contributed by atoms with Gasteiger partial charge < -0.3 is 9.84 Å². The zero-order valence-electron chi connectivity index (χ0n) is 16.3. The van der Waals surface area contributed by atoms with Crippen molar-refractivity contribution < 1.29 is 18.3 Å². The molecule has 1 aliphatic rings. The predicted octanol–water partition coefficient (Wildman–Crippen LogP) is 2.90. The topological polar surface area (TPSA) is 78.9 Å². The van der Waals surface area contributed by atoms with Gasteiger partial charge in [-0.2, -0.15) is 0 Å². The van der Waals surface area contributed by atoms with Crippen molar-refractivity contribution in [2.45, 2.75) is 24.3 Å². The molecule has 0 atom stereocenters. The SMILES string of the molecule is O=S(=O)(NCC1CCN(Cc2cccc(OCCO)c2)CC1)c1ccc(Cl)cc1. The number of rotatable bonds is 9. The Labute approximate surface area is 177 Å². The lowest BCUT2D eigenvalue weighted by Crippen LogP contribution is -2.38. The summed E-state index contributed by atoms with van der Waals surface area (Å²) in [5, 5.41) is 9.39. The quantitative estimate of drug-likeness (QED) is 0.629. The summed E-state index contributed by atoms with van der Waals surface area (Å²) in [7, 11) is -3.50. The van der Waals surface area contributed by atoms with Crippen molar-refractivity contribution in [2.75, 3.05) is 32.8 Å². The van der Waals surface area contributed by atoms with Gasteiger partial charge in [-0.25, -0.2) is 13.1 Å². The van der Waals surface area contributed by atoms with Crippen molar-refractivity contribution in [3.05, 3.63) is 59.1 Å². The Hall–Kier alpha value is -1.64. The summed E-state index contributed by atoms with van der Waals surface area (Å²) in [5.41, 5.74) is 1.17. The highest BCUT2D eigenvalue weighted by Gasteiger charge is 2.22. The van der Waals surface area contributed by atoms with Gasteiger partial charge in [-0.05, 0) is 73.8 Å². The van der Waals surface area contributed by atoms with Crippen LogP contribution < -0.4 is 9.46 Å². The maximum atomic E-state index is 12.4. The number of likely N-dealkylation sites (tertiary alicyclic amines) is 1. The van der Waals surface area contributed by atoms with Gasteiger partial charge in [-0.3, -0.25) is 4.90 Å². The molecule has 0 aromatic heterocycles. The monoisotopic (exact) mass is 438 g/mol.